The molecule has 0 saturated carbocycles. The molecule has 1 aromatic rings. The van der Waals surface area contributed by atoms with Crippen LogP contribution < -0.4 is 5.32 Å². The van der Waals surface area contributed by atoms with Crippen molar-refractivity contribution in [2.75, 3.05) is 7.05 Å². The van der Waals surface area contributed by atoms with Gasteiger partial charge < -0.3 is 5.32 Å². The van der Waals surface area contributed by atoms with Crippen LogP contribution in [0.5, 0.6) is 0 Å². The summed E-state index contributed by atoms with van der Waals surface area (Å²) < 4.78 is 0. The zero-order valence-electron chi connectivity index (χ0n) is 8.01. The molecule has 2 nitrogen and oxygen atoms in total. The molecule has 1 aromatic heterocycles. The fourth-order valence-electron chi connectivity index (χ4n) is 1.11. The molecule has 0 aliphatic carbocycles. The molecule has 0 radical (unpaired) electrons. The van der Waals surface area contributed by atoms with Gasteiger partial charge in [-0.3, -0.25) is 0 Å². The fourth-order valence-corrected chi connectivity index (χ4v) is 2.82. The van der Waals surface area contributed by atoms with E-state index in [4.69, 9.17) is 0 Å². The van der Waals surface area contributed by atoms with Gasteiger partial charge in [-0.15, -0.1) is 11.3 Å². The Hall–Kier alpha value is 0.0700. The van der Waals surface area contributed by atoms with Crippen LogP contribution in [0.25, 0.3) is 0 Å². The first-order chi connectivity index (χ1) is 6.27. The van der Waals surface area contributed by atoms with Gasteiger partial charge in [0.15, 0.2) is 0 Å². The van der Waals surface area contributed by atoms with E-state index in [-0.39, 0.29) is 0 Å². The number of hydrogen-bond donors (Lipinski definition) is 1. The van der Waals surface area contributed by atoms with Crippen molar-refractivity contribution in [3.63, 3.8) is 0 Å². The average molecular weight is 263 g/mol. The number of alkyl halides is 1. The maximum Gasteiger partial charge on any atom is 0.107 e. The minimum absolute atomic E-state index is 0.438. The van der Waals surface area contributed by atoms with E-state index in [0.29, 0.717) is 4.83 Å². The molecule has 4 heteroatoms. The summed E-state index contributed by atoms with van der Waals surface area (Å²) in [6.07, 6.45) is 2.35. The first-order valence-electron chi connectivity index (χ1n) is 4.51. The van der Waals surface area contributed by atoms with E-state index in [1.807, 2.05) is 7.05 Å². The standard InChI is InChI=1S/C9H15BrN2S/c1-3-4-8(10)9-12-7(5-11-2)6-13-9/h6,8,11H,3-5H2,1-2H3. The van der Waals surface area contributed by atoms with E-state index in [2.05, 4.69) is 38.5 Å². The quantitative estimate of drug-likeness (QED) is 0.826. The summed E-state index contributed by atoms with van der Waals surface area (Å²) >= 11 is 5.38. The van der Waals surface area contributed by atoms with E-state index in [1.54, 1.807) is 11.3 Å². The summed E-state index contributed by atoms with van der Waals surface area (Å²) in [5.74, 6) is 0. The molecule has 0 spiro atoms. The summed E-state index contributed by atoms with van der Waals surface area (Å²) in [5.41, 5.74) is 1.14. The lowest BCUT2D eigenvalue weighted by Crippen LogP contribution is -2.05. The second-order valence-electron chi connectivity index (χ2n) is 2.96. The van der Waals surface area contributed by atoms with E-state index in [0.717, 1.165) is 18.7 Å². The first-order valence-corrected chi connectivity index (χ1v) is 6.30. The Morgan fingerprint density at radius 2 is 2.46 bits per heavy atom. The number of halogens is 1. The van der Waals surface area contributed by atoms with Crippen molar-refractivity contribution in [2.24, 2.45) is 0 Å². The molecule has 0 aliphatic heterocycles. The third-order valence-corrected chi connectivity index (χ3v) is 3.94. The molecular formula is C9H15BrN2S. The molecule has 1 N–H and O–H groups in total. The van der Waals surface area contributed by atoms with Crippen molar-refractivity contribution in [3.05, 3.63) is 16.1 Å². The summed E-state index contributed by atoms with van der Waals surface area (Å²) in [5, 5.41) is 6.42. The summed E-state index contributed by atoms with van der Waals surface area (Å²) in [6, 6.07) is 0. The van der Waals surface area contributed by atoms with Gasteiger partial charge in [0.2, 0.25) is 0 Å². The molecule has 13 heavy (non-hydrogen) atoms. The Bertz CT molecular complexity index is 250. The van der Waals surface area contributed by atoms with Gasteiger partial charge in [0.05, 0.1) is 10.5 Å². The molecule has 0 fully saturated rings. The monoisotopic (exact) mass is 262 g/mol. The van der Waals surface area contributed by atoms with E-state index in [9.17, 15) is 0 Å². The highest BCUT2D eigenvalue weighted by atomic mass is 79.9. The maximum absolute atomic E-state index is 4.53. The molecule has 1 rings (SSSR count). The number of nitrogens with one attached hydrogen (secondary N) is 1. The van der Waals surface area contributed by atoms with E-state index < -0.39 is 0 Å². The van der Waals surface area contributed by atoms with Crippen molar-refractivity contribution in [1.29, 1.82) is 0 Å². The Kier molecular flexibility index (Phi) is 4.91. The summed E-state index contributed by atoms with van der Waals surface area (Å²) in [6.45, 7) is 3.05. The number of aromatic nitrogens is 1. The highest BCUT2D eigenvalue weighted by molar-refractivity contribution is 9.09. The van der Waals surface area contributed by atoms with Gasteiger partial charge in [-0.25, -0.2) is 4.98 Å². The predicted molar refractivity (Wildman–Crippen MR) is 61.5 cm³/mol. The van der Waals surface area contributed by atoms with Crippen LogP contribution in [-0.2, 0) is 6.54 Å². The molecule has 0 amide bonds. The molecule has 0 bridgehead atoms. The van der Waals surface area contributed by atoms with Crippen LogP contribution in [0.3, 0.4) is 0 Å². The van der Waals surface area contributed by atoms with E-state index >= 15 is 0 Å². The van der Waals surface area contributed by atoms with Crippen LogP contribution in [0, 0.1) is 0 Å². The van der Waals surface area contributed by atoms with Gasteiger partial charge in [0.25, 0.3) is 0 Å². The Morgan fingerprint density at radius 3 is 3.08 bits per heavy atom. The highest BCUT2D eigenvalue weighted by Gasteiger charge is 2.10. The highest BCUT2D eigenvalue weighted by Crippen LogP contribution is 2.29. The van der Waals surface area contributed by atoms with Crippen molar-refractivity contribution < 1.29 is 0 Å². The van der Waals surface area contributed by atoms with Gasteiger partial charge >= 0.3 is 0 Å². The summed E-state index contributed by atoms with van der Waals surface area (Å²) in [7, 11) is 1.94. The number of nitrogens with zero attached hydrogens (tertiary/aromatic N) is 1. The van der Waals surface area contributed by atoms with Crippen LogP contribution >= 0.6 is 27.3 Å². The van der Waals surface area contributed by atoms with Crippen molar-refractivity contribution in [2.45, 2.75) is 31.1 Å². The second kappa shape index (κ2) is 5.73. The molecule has 0 aromatic carbocycles. The third kappa shape index (κ3) is 3.37. The van der Waals surface area contributed by atoms with Crippen LogP contribution in [0.4, 0.5) is 0 Å². The Balaban J connectivity index is 2.56. The Labute approximate surface area is 91.9 Å². The van der Waals surface area contributed by atoms with Crippen LogP contribution in [0.15, 0.2) is 5.38 Å². The average Bonchev–Trinajstić information content (AvgIpc) is 2.54. The molecule has 74 valence electrons. The number of rotatable bonds is 5. The lowest BCUT2D eigenvalue weighted by Gasteiger charge is -2.02. The van der Waals surface area contributed by atoms with Crippen molar-refractivity contribution in [3.8, 4) is 0 Å². The SMILES string of the molecule is CCCC(Br)c1nc(CNC)cs1. The lowest BCUT2D eigenvalue weighted by atomic mass is 10.2. The Morgan fingerprint density at radius 1 is 1.69 bits per heavy atom. The normalized spacial score (nSPS) is 13.2. The van der Waals surface area contributed by atoms with Gasteiger partial charge in [0, 0.05) is 11.9 Å². The maximum atomic E-state index is 4.53. The van der Waals surface area contributed by atoms with Crippen molar-refractivity contribution in [1.82, 2.24) is 10.3 Å². The molecular weight excluding hydrogens is 248 g/mol. The zero-order valence-corrected chi connectivity index (χ0v) is 10.4. The molecule has 0 aliphatic rings. The first kappa shape index (κ1) is 11.1. The zero-order chi connectivity index (χ0) is 9.68. The van der Waals surface area contributed by atoms with Crippen LogP contribution in [0.1, 0.15) is 35.3 Å². The molecule has 0 saturated heterocycles. The minimum atomic E-state index is 0.438. The van der Waals surface area contributed by atoms with Gasteiger partial charge in [0.1, 0.15) is 5.01 Å². The summed E-state index contributed by atoms with van der Waals surface area (Å²) in [4.78, 5) is 4.97. The minimum Gasteiger partial charge on any atom is -0.314 e. The molecule has 1 atom stereocenters. The van der Waals surface area contributed by atoms with Gasteiger partial charge in [-0.2, -0.15) is 0 Å². The van der Waals surface area contributed by atoms with Gasteiger partial charge in [-0.1, -0.05) is 29.3 Å². The molecule has 1 unspecified atom stereocenters. The largest absolute Gasteiger partial charge is 0.314 e. The van der Waals surface area contributed by atoms with E-state index in [1.165, 1.54) is 11.4 Å². The molecule has 1 heterocycles. The number of hydrogen-bond acceptors (Lipinski definition) is 3. The van der Waals surface area contributed by atoms with Crippen molar-refractivity contribution >= 4 is 27.3 Å². The second-order valence-corrected chi connectivity index (χ2v) is 4.96. The lowest BCUT2D eigenvalue weighted by molar-refractivity contribution is 0.761. The fraction of sp³-hybridized carbons (Fsp3) is 0.667. The topological polar surface area (TPSA) is 24.9 Å². The third-order valence-electron chi connectivity index (χ3n) is 1.74. The predicted octanol–water partition coefficient (Wildman–Crippen LogP) is 3.10. The van der Waals surface area contributed by atoms with Crippen LogP contribution in [-0.4, -0.2) is 12.0 Å². The smallest absolute Gasteiger partial charge is 0.107 e. The van der Waals surface area contributed by atoms with Crippen LogP contribution in [0.2, 0.25) is 0 Å². The van der Waals surface area contributed by atoms with Gasteiger partial charge in [-0.05, 0) is 13.5 Å². The number of thiazole rings is 1.